The Labute approximate surface area is 186 Å². The molecule has 6 nitrogen and oxygen atoms in total. The molecule has 4 aromatic rings. The molecule has 0 unspecified atom stereocenters. The molecule has 1 saturated heterocycles. The Balaban J connectivity index is 1.25. The molecule has 0 atom stereocenters. The van der Waals surface area contributed by atoms with E-state index in [9.17, 15) is 0 Å². The van der Waals surface area contributed by atoms with Crippen LogP contribution in [0, 0.1) is 6.92 Å². The molecule has 4 heterocycles. The Morgan fingerprint density at radius 2 is 1.69 bits per heavy atom. The number of anilines is 1. The molecule has 0 saturated carbocycles. The van der Waals surface area contributed by atoms with Crippen molar-refractivity contribution in [3.8, 4) is 11.5 Å². The van der Waals surface area contributed by atoms with Crippen molar-refractivity contribution < 1.29 is 9.15 Å². The van der Waals surface area contributed by atoms with Gasteiger partial charge < -0.3 is 14.1 Å². The predicted molar refractivity (Wildman–Crippen MR) is 122 cm³/mol. The van der Waals surface area contributed by atoms with Crippen LogP contribution in [-0.4, -0.2) is 34.7 Å². The molecule has 2 aromatic carbocycles. The van der Waals surface area contributed by atoms with Crippen LogP contribution in [0.15, 0.2) is 71.8 Å². The van der Waals surface area contributed by atoms with Gasteiger partial charge in [0.1, 0.15) is 12.0 Å². The summed E-state index contributed by atoms with van der Waals surface area (Å²) in [6.45, 7) is 5.29. The summed E-state index contributed by atoms with van der Waals surface area (Å²) in [5.41, 5.74) is 8.00. The summed E-state index contributed by atoms with van der Waals surface area (Å²) in [4.78, 5) is 15.8. The first-order valence-corrected chi connectivity index (χ1v) is 10.9. The number of aryl methyl sites for hydroxylation is 1. The second kappa shape index (κ2) is 7.57. The fourth-order valence-electron chi connectivity index (χ4n) is 4.64. The number of nitrogens with zero attached hydrogens (tertiary/aromatic N) is 4. The summed E-state index contributed by atoms with van der Waals surface area (Å²) in [5, 5.41) is 0. The summed E-state index contributed by atoms with van der Waals surface area (Å²) < 4.78 is 10.8. The lowest BCUT2D eigenvalue weighted by atomic mass is 9.73. The van der Waals surface area contributed by atoms with Crippen LogP contribution in [0.3, 0.4) is 0 Å². The highest BCUT2D eigenvalue weighted by Gasteiger charge is 2.42. The van der Waals surface area contributed by atoms with E-state index in [2.05, 4.69) is 70.3 Å². The van der Waals surface area contributed by atoms with E-state index in [-0.39, 0.29) is 5.41 Å². The van der Waals surface area contributed by atoms with E-state index in [0.717, 1.165) is 38.4 Å². The maximum atomic E-state index is 5.67. The lowest BCUT2D eigenvalue weighted by Gasteiger charge is -2.43. The van der Waals surface area contributed by atoms with Gasteiger partial charge in [0, 0.05) is 18.4 Å². The van der Waals surface area contributed by atoms with Crippen molar-refractivity contribution in [2.75, 3.05) is 24.7 Å². The van der Waals surface area contributed by atoms with E-state index in [1.54, 1.807) is 6.26 Å². The molecule has 2 aliphatic heterocycles. The SMILES string of the molecule is Cc1ccc(C2(c3ccc(N4CCc5cnc(-c6cocn6)nc5C4)cc3)COC2)cc1. The largest absolute Gasteiger partial charge is 0.451 e. The van der Waals surface area contributed by atoms with Gasteiger partial charge in [-0.2, -0.15) is 0 Å². The standard InChI is InChI=1S/C26H24N4O2/c1-18-2-4-20(5-3-18)26(15-32-16-26)21-6-8-22(9-7-21)30-11-10-19-12-27-25(29-23(19)13-30)24-14-31-17-28-24/h2-9,12,14,17H,10-11,13,15-16H2,1H3. The maximum Gasteiger partial charge on any atom is 0.181 e. The second-order valence-electron chi connectivity index (χ2n) is 8.70. The van der Waals surface area contributed by atoms with E-state index in [1.807, 2.05) is 6.20 Å². The molecule has 6 heteroatoms. The summed E-state index contributed by atoms with van der Waals surface area (Å²) in [6.07, 6.45) is 5.84. The third-order valence-corrected chi connectivity index (χ3v) is 6.69. The van der Waals surface area contributed by atoms with E-state index < -0.39 is 0 Å². The predicted octanol–water partition coefficient (Wildman–Crippen LogP) is 4.32. The Hall–Kier alpha value is -3.51. The smallest absolute Gasteiger partial charge is 0.181 e. The molecular formula is C26H24N4O2. The topological polar surface area (TPSA) is 64.3 Å². The van der Waals surface area contributed by atoms with E-state index in [0.29, 0.717) is 11.5 Å². The molecule has 1 fully saturated rings. The molecule has 0 aliphatic carbocycles. The summed E-state index contributed by atoms with van der Waals surface area (Å²) >= 11 is 0. The Bertz CT molecular complexity index is 1230. The van der Waals surface area contributed by atoms with Crippen molar-refractivity contribution in [2.24, 2.45) is 0 Å². The van der Waals surface area contributed by atoms with Crippen molar-refractivity contribution in [2.45, 2.75) is 25.3 Å². The average molecular weight is 425 g/mol. The van der Waals surface area contributed by atoms with Gasteiger partial charge in [-0.15, -0.1) is 0 Å². The zero-order valence-corrected chi connectivity index (χ0v) is 18.0. The third kappa shape index (κ3) is 3.19. The Kier molecular flexibility index (Phi) is 4.54. The lowest BCUT2D eigenvalue weighted by Crippen LogP contribution is -2.47. The van der Waals surface area contributed by atoms with Gasteiger partial charge in [0.25, 0.3) is 0 Å². The van der Waals surface area contributed by atoms with Crippen molar-refractivity contribution in [3.63, 3.8) is 0 Å². The third-order valence-electron chi connectivity index (χ3n) is 6.69. The number of fused-ring (bicyclic) bond motifs is 1. The Morgan fingerprint density at radius 1 is 0.938 bits per heavy atom. The maximum absolute atomic E-state index is 5.67. The van der Waals surface area contributed by atoms with Gasteiger partial charge in [0.05, 0.1) is 30.9 Å². The van der Waals surface area contributed by atoms with Gasteiger partial charge in [-0.25, -0.2) is 15.0 Å². The number of ether oxygens (including phenoxy) is 1. The molecule has 0 spiro atoms. The molecule has 0 bridgehead atoms. The van der Waals surface area contributed by atoms with Gasteiger partial charge in [-0.05, 0) is 42.2 Å². The van der Waals surface area contributed by atoms with Crippen LogP contribution in [0.1, 0.15) is 27.9 Å². The van der Waals surface area contributed by atoms with Crippen LogP contribution in [0.5, 0.6) is 0 Å². The quantitative estimate of drug-likeness (QED) is 0.486. The summed E-state index contributed by atoms with van der Waals surface area (Å²) in [6, 6.07) is 17.8. The molecule has 0 radical (unpaired) electrons. The highest BCUT2D eigenvalue weighted by atomic mass is 16.5. The first-order valence-electron chi connectivity index (χ1n) is 10.9. The minimum atomic E-state index is -0.0412. The van der Waals surface area contributed by atoms with Crippen LogP contribution in [0.2, 0.25) is 0 Å². The van der Waals surface area contributed by atoms with Crippen molar-refractivity contribution >= 4 is 5.69 Å². The van der Waals surface area contributed by atoms with Crippen molar-refractivity contribution in [1.82, 2.24) is 15.0 Å². The zero-order valence-electron chi connectivity index (χ0n) is 18.0. The molecule has 2 aromatic heterocycles. The van der Waals surface area contributed by atoms with Gasteiger partial charge >= 0.3 is 0 Å². The van der Waals surface area contributed by atoms with Gasteiger partial charge in [0.2, 0.25) is 0 Å². The van der Waals surface area contributed by atoms with Crippen LogP contribution >= 0.6 is 0 Å². The average Bonchev–Trinajstić information content (AvgIpc) is 3.34. The lowest BCUT2D eigenvalue weighted by molar-refractivity contribution is -0.0379. The van der Waals surface area contributed by atoms with Crippen LogP contribution in [-0.2, 0) is 23.1 Å². The number of hydrogen-bond acceptors (Lipinski definition) is 6. The molecule has 0 amide bonds. The highest BCUT2D eigenvalue weighted by Crippen LogP contribution is 2.40. The van der Waals surface area contributed by atoms with Gasteiger partial charge in [-0.1, -0.05) is 42.0 Å². The molecule has 6 rings (SSSR count). The fourth-order valence-corrected chi connectivity index (χ4v) is 4.64. The minimum absolute atomic E-state index is 0.0412. The number of rotatable bonds is 4. The summed E-state index contributed by atoms with van der Waals surface area (Å²) in [5.74, 6) is 0.611. The van der Waals surface area contributed by atoms with Gasteiger partial charge in [0.15, 0.2) is 12.2 Å². The van der Waals surface area contributed by atoms with Crippen molar-refractivity contribution in [3.05, 3.63) is 95.3 Å². The number of benzene rings is 2. The van der Waals surface area contributed by atoms with E-state index in [4.69, 9.17) is 14.1 Å². The minimum Gasteiger partial charge on any atom is -0.451 e. The first-order chi connectivity index (χ1) is 15.7. The molecular weight excluding hydrogens is 400 g/mol. The zero-order chi connectivity index (χ0) is 21.5. The normalized spacial score (nSPS) is 17.0. The van der Waals surface area contributed by atoms with E-state index >= 15 is 0 Å². The van der Waals surface area contributed by atoms with E-state index in [1.165, 1.54) is 34.3 Å². The number of aromatic nitrogens is 3. The summed E-state index contributed by atoms with van der Waals surface area (Å²) in [7, 11) is 0. The highest BCUT2D eigenvalue weighted by molar-refractivity contribution is 5.54. The number of oxazole rings is 1. The molecule has 2 aliphatic rings. The Morgan fingerprint density at radius 3 is 2.34 bits per heavy atom. The van der Waals surface area contributed by atoms with Crippen LogP contribution < -0.4 is 4.90 Å². The van der Waals surface area contributed by atoms with Crippen LogP contribution in [0.25, 0.3) is 11.5 Å². The molecule has 160 valence electrons. The van der Waals surface area contributed by atoms with Gasteiger partial charge in [-0.3, -0.25) is 0 Å². The monoisotopic (exact) mass is 424 g/mol. The first kappa shape index (κ1) is 19.2. The molecule has 0 N–H and O–H groups in total. The number of hydrogen-bond donors (Lipinski definition) is 0. The second-order valence-corrected chi connectivity index (χ2v) is 8.70. The fraction of sp³-hybridized carbons (Fsp3) is 0.269. The van der Waals surface area contributed by atoms with Crippen LogP contribution in [0.4, 0.5) is 5.69 Å². The molecule has 32 heavy (non-hydrogen) atoms. The van der Waals surface area contributed by atoms with Crippen molar-refractivity contribution in [1.29, 1.82) is 0 Å².